The van der Waals surface area contributed by atoms with Crippen molar-refractivity contribution in [3.63, 3.8) is 0 Å². The molecule has 0 radical (unpaired) electrons. The molecule has 0 atom stereocenters. The summed E-state index contributed by atoms with van der Waals surface area (Å²) in [6.45, 7) is 5.53. The summed E-state index contributed by atoms with van der Waals surface area (Å²) in [6, 6.07) is 0. The Morgan fingerprint density at radius 1 is 1.11 bits per heavy atom. The second kappa shape index (κ2) is 6.97. The van der Waals surface area contributed by atoms with E-state index in [-0.39, 0.29) is 0 Å². The lowest BCUT2D eigenvalue weighted by atomic mass is 10.1. The van der Waals surface area contributed by atoms with Crippen LogP contribution in [0.3, 0.4) is 0 Å². The molecule has 0 aromatic carbocycles. The van der Waals surface area contributed by atoms with Gasteiger partial charge in [0.15, 0.2) is 0 Å². The van der Waals surface area contributed by atoms with Crippen molar-refractivity contribution >= 4 is 5.82 Å². The number of rotatable bonds is 9. The molecule has 3 heteroatoms. The second-order valence-electron chi connectivity index (χ2n) is 5.89. The monoisotopic (exact) mass is 263 g/mol. The molecule has 1 aliphatic rings. The maximum absolute atomic E-state index is 6.33. The zero-order valence-corrected chi connectivity index (χ0v) is 12.6. The first-order chi connectivity index (χ1) is 9.27. The van der Waals surface area contributed by atoms with E-state index in [1.807, 2.05) is 0 Å². The highest BCUT2D eigenvalue weighted by molar-refractivity contribution is 5.40. The van der Waals surface area contributed by atoms with Crippen molar-refractivity contribution in [2.45, 2.75) is 84.1 Å². The molecule has 0 unspecified atom stereocenters. The van der Waals surface area contributed by atoms with E-state index in [2.05, 4.69) is 18.4 Å². The molecule has 0 aliphatic heterocycles. The van der Waals surface area contributed by atoms with Gasteiger partial charge in [-0.15, -0.1) is 0 Å². The van der Waals surface area contributed by atoms with Crippen LogP contribution in [0, 0.1) is 0 Å². The minimum absolute atomic E-state index is 0.698. The lowest BCUT2D eigenvalue weighted by Crippen LogP contribution is -2.07. The van der Waals surface area contributed by atoms with Crippen molar-refractivity contribution < 1.29 is 0 Å². The molecule has 0 amide bonds. The number of nitrogens with two attached hydrogens (primary N) is 1. The number of hydrogen-bond donors (Lipinski definition) is 1. The van der Waals surface area contributed by atoms with Gasteiger partial charge in [-0.25, -0.2) is 4.98 Å². The maximum atomic E-state index is 6.33. The molecule has 2 N–H and O–H groups in total. The fraction of sp³-hybridized carbons (Fsp3) is 0.812. The number of unbranched alkanes of at least 4 members (excludes halogenated alkanes) is 4. The number of aromatic nitrogens is 2. The van der Waals surface area contributed by atoms with Crippen molar-refractivity contribution in [2.24, 2.45) is 0 Å². The van der Waals surface area contributed by atoms with Crippen molar-refractivity contribution in [3.8, 4) is 0 Å². The number of nitrogen functional groups attached to an aromatic ring is 1. The summed E-state index contributed by atoms with van der Waals surface area (Å²) in [6.07, 6.45) is 11.2. The Labute approximate surface area is 117 Å². The third kappa shape index (κ3) is 3.74. The van der Waals surface area contributed by atoms with Crippen molar-refractivity contribution in [1.82, 2.24) is 9.55 Å². The molecule has 0 bridgehead atoms. The van der Waals surface area contributed by atoms with Crippen LogP contribution in [0.15, 0.2) is 0 Å². The van der Waals surface area contributed by atoms with E-state index in [4.69, 9.17) is 10.7 Å². The molecule has 3 nitrogen and oxygen atoms in total. The van der Waals surface area contributed by atoms with Crippen LogP contribution in [0.1, 0.15) is 82.7 Å². The van der Waals surface area contributed by atoms with E-state index in [1.54, 1.807) is 0 Å². The lowest BCUT2D eigenvalue weighted by Gasteiger charge is -2.08. The molecule has 1 aromatic rings. The first-order valence-corrected chi connectivity index (χ1v) is 8.12. The van der Waals surface area contributed by atoms with Crippen LogP contribution in [0.2, 0.25) is 0 Å². The number of imidazole rings is 1. The topological polar surface area (TPSA) is 43.8 Å². The van der Waals surface area contributed by atoms with E-state index in [0.717, 1.165) is 24.5 Å². The normalized spacial score (nSPS) is 15.1. The maximum Gasteiger partial charge on any atom is 0.126 e. The van der Waals surface area contributed by atoms with E-state index in [0.29, 0.717) is 5.92 Å². The molecule has 2 rings (SSSR count). The summed E-state index contributed by atoms with van der Waals surface area (Å²) in [5.41, 5.74) is 7.49. The Morgan fingerprint density at radius 3 is 2.47 bits per heavy atom. The van der Waals surface area contributed by atoms with Gasteiger partial charge in [0.05, 0.1) is 5.69 Å². The van der Waals surface area contributed by atoms with Crippen molar-refractivity contribution in [3.05, 3.63) is 11.5 Å². The van der Waals surface area contributed by atoms with Crippen LogP contribution >= 0.6 is 0 Å². The fourth-order valence-electron chi connectivity index (χ4n) is 2.64. The van der Waals surface area contributed by atoms with Gasteiger partial charge in [-0.3, -0.25) is 0 Å². The van der Waals surface area contributed by atoms with Gasteiger partial charge in [0.1, 0.15) is 11.6 Å². The Morgan fingerprint density at radius 2 is 1.84 bits per heavy atom. The Hall–Kier alpha value is -0.990. The number of aryl methyl sites for hydroxylation is 1. The van der Waals surface area contributed by atoms with Gasteiger partial charge >= 0.3 is 0 Å². The fourth-order valence-corrected chi connectivity index (χ4v) is 2.64. The van der Waals surface area contributed by atoms with Crippen molar-refractivity contribution in [2.75, 3.05) is 5.73 Å². The minimum Gasteiger partial charge on any atom is -0.384 e. The van der Waals surface area contributed by atoms with Crippen LogP contribution in [-0.4, -0.2) is 9.55 Å². The van der Waals surface area contributed by atoms with Crippen LogP contribution in [0.5, 0.6) is 0 Å². The highest BCUT2D eigenvalue weighted by Crippen LogP contribution is 2.41. The van der Waals surface area contributed by atoms with Gasteiger partial charge in [0, 0.05) is 12.5 Å². The molecule has 19 heavy (non-hydrogen) atoms. The highest BCUT2D eigenvalue weighted by atomic mass is 15.1. The summed E-state index contributed by atoms with van der Waals surface area (Å²) < 4.78 is 2.30. The molecule has 0 spiro atoms. The highest BCUT2D eigenvalue weighted by Gasteiger charge is 2.30. The molecule has 1 saturated carbocycles. The molecule has 1 heterocycles. The van der Waals surface area contributed by atoms with Gasteiger partial charge in [-0.1, -0.05) is 39.5 Å². The quantitative estimate of drug-likeness (QED) is 0.676. The van der Waals surface area contributed by atoms with E-state index >= 15 is 0 Å². The lowest BCUT2D eigenvalue weighted by molar-refractivity contribution is 0.609. The van der Waals surface area contributed by atoms with Crippen LogP contribution < -0.4 is 5.73 Å². The summed E-state index contributed by atoms with van der Waals surface area (Å²) in [5, 5.41) is 0. The zero-order chi connectivity index (χ0) is 13.7. The first kappa shape index (κ1) is 14.4. The standard InChI is InChI=1S/C16H29N3/c1-3-5-7-8-9-14-15(17)19(12-6-4-2)16(18-14)13-10-11-13/h13H,3-12,17H2,1-2H3. The molecule has 1 aromatic heterocycles. The van der Waals surface area contributed by atoms with Gasteiger partial charge in [0.25, 0.3) is 0 Å². The smallest absolute Gasteiger partial charge is 0.126 e. The number of nitrogens with zero attached hydrogens (tertiary/aromatic N) is 2. The van der Waals surface area contributed by atoms with Gasteiger partial charge in [-0.2, -0.15) is 0 Å². The summed E-state index contributed by atoms with van der Waals surface area (Å²) >= 11 is 0. The first-order valence-electron chi connectivity index (χ1n) is 8.12. The van der Waals surface area contributed by atoms with Crippen LogP contribution in [0.4, 0.5) is 5.82 Å². The third-order valence-electron chi connectivity index (χ3n) is 4.06. The molecular formula is C16H29N3. The predicted octanol–water partition coefficient (Wildman–Crippen LogP) is 4.27. The summed E-state index contributed by atoms with van der Waals surface area (Å²) in [4.78, 5) is 4.86. The molecule has 1 fully saturated rings. The molecular weight excluding hydrogens is 234 g/mol. The van der Waals surface area contributed by atoms with Crippen LogP contribution in [0.25, 0.3) is 0 Å². The van der Waals surface area contributed by atoms with Gasteiger partial charge < -0.3 is 10.3 Å². The van der Waals surface area contributed by atoms with E-state index in [1.165, 1.54) is 57.2 Å². The average molecular weight is 263 g/mol. The minimum atomic E-state index is 0.698. The summed E-state index contributed by atoms with van der Waals surface area (Å²) in [5.74, 6) is 2.92. The molecule has 0 saturated heterocycles. The van der Waals surface area contributed by atoms with Crippen LogP contribution in [-0.2, 0) is 13.0 Å². The van der Waals surface area contributed by atoms with E-state index in [9.17, 15) is 0 Å². The predicted molar refractivity (Wildman–Crippen MR) is 81.4 cm³/mol. The Bertz CT molecular complexity index is 391. The number of hydrogen-bond acceptors (Lipinski definition) is 2. The molecule has 108 valence electrons. The SMILES string of the molecule is CCCCCCc1nc(C2CC2)n(CCCC)c1N. The largest absolute Gasteiger partial charge is 0.384 e. The second-order valence-corrected chi connectivity index (χ2v) is 5.89. The zero-order valence-electron chi connectivity index (χ0n) is 12.6. The van der Waals surface area contributed by atoms with E-state index < -0.39 is 0 Å². The average Bonchev–Trinajstić information content (AvgIpc) is 3.20. The number of anilines is 1. The van der Waals surface area contributed by atoms with Crippen molar-refractivity contribution in [1.29, 1.82) is 0 Å². The molecule has 1 aliphatic carbocycles. The Kier molecular flexibility index (Phi) is 5.29. The van der Waals surface area contributed by atoms with Gasteiger partial charge in [0.2, 0.25) is 0 Å². The summed E-state index contributed by atoms with van der Waals surface area (Å²) in [7, 11) is 0. The van der Waals surface area contributed by atoms with Gasteiger partial charge in [-0.05, 0) is 32.1 Å². The third-order valence-corrected chi connectivity index (χ3v) is 4.06. The Balaban J connectivity index is 2.01.